The van der Waals surface area contributed by atoms with E-state index in [-0.39, 0.29) is 23.8 Å². The van der Waals surface area contributed by atoms with Gasteiger partial charge in [0, 0.05) is 18.7 Å². The normalized spacial score (nSPS) is 16.8. The van der Waals surface area contributed by atoms with E-state index < -0.39 is 0 Å². The lowest BCUT2D eigenvalue weighted by Crippen LogP contribution is -2.41. The number of nitrogen functional groups attached to an aromatic ring is 1. The Labute approximate surface area is 153 Å². The van der Waals surface area contributed by atoms with Gasteiger partial charge in [0.25, 0.3) is 0 Å². The second kappa shape index (κ2) is 8.09. The summed E-state index contributed by atoms with van der Waals surface area (Å²) in [6.07, 6.45) is 1.67. The number of nitrogens with one attached hydrogen (secondary N) is 2. The molecule has 2 heterocycles. The zero-order valence-electron chi connectivity index (χ0n) is 15.1. The Kier molecular flexibility index (Phi) is 5.62. The van der Waals surface area contributed by atoms with Gasteiger partial charge in [-0.2, -0.15) is 15.0 Å². The molecule has 0 saturated carbocycles. The highest BCUT2D eigenvalue weighted by atomic mass is 16.1. The first-order chi connectivity index (χ1) is 12.6. The summed E-state index contributed by atoms with van der Waals surface area (Å²) in [6.45, 7) is 3.71. The first-order valence-corrected chi connectivity index (χ1v) is 8.86. The van der Waals surface area contributed by atoms with Gasteiger partial charge in [-0.1, -0.05) is 18.2 Å². The van der Waals surface area contributed by atoms with Crippen molar-refractivity contribution in [2.45, 2.75) is 25.8 Å². The molecule has 8 heteroatoms. The number of benzene rings is 1. The van der Waals surface area contributed by atoms with Gasteiger partial charge in [-0.3, -0.25) is 9.69 Å². The fourth-order valence-electron chi connectivity index (χ4n) is 3.22. The highest BCUT2D eigenvalue weighted by Crippen LogP contribution is 2.26. The third-order valence-corrected chi connectivity index (χ3v) is 4.77. The molecule has 1 aromatic carbocycles. The fraction of sp³-hybridized carbons (Fsp3) is 0.444. The third kappa shape index (κ3) is 4.26. The molecule has 0 aliphatic carbocycles. The molecule has 4 N–H and O–H groups in total. The zero-order valence-corrected chi connectivity index (χ0v) is 15.1. The lowest BCUT2D eigenvalue weighted by molar-refractivity contribution is -0.126. The molecule has 0 radical (unpaired) electrons. The smallest absolute Gasteiger partial charge is 0.232 e. The molecule has 8 nitrogen and oxygen atoms in total. The van der Waals surface area contributed by atoms with Crippen molar-refractivity contribution in [1.29, 1.82) is 0 Å². The molecule has 138 valence electrons. The predicted octanol–water partition coefficient (Wildman–Crippen LogP) is 1.72. The van der Waals surface area contributed by atoms with Crippen LogP contribution >= 0.6 is 0 Å². The molecule has 1 aromatic heterocycles. The van der Waals surface area contributed by atoms with E-state index in [1.807, 2.05) is 30.3 Å². The van der Waals surface area contributed by atoms with E-state index in [1.165, 1.54) is 0 Å². The van der Waals surface area contributed by atoms with Crippen LogP contribution in [-0.2, 0) is 4.79 Å². The summed E-state index contributed by atoms with van der Waals surface area (Å²) < 4.78 is 0. The topological polar surface area (TPSA) is 109 Å². The molecular formula is C18H25N7O. The Hall–Kier alpha value is -2.74. The molecule has 1 unspecified atom stereocenters. The number of aromatic nitrogens is 3. The lowest BCUT2D eigenvalue weighted by atomic mass is 9.95. The molecule has 26 heavy (non-hydrogen) atoms. The quantitative estimate of drug-likeness (QED) is 0.749. The van der Waals surface area contributed by atoms with Crippen molar-refractivity contribution in [2.24, 2.45) is 5.92 Å². The Morgan fingerprint density at radius 2 is 1.88 bits per heavy atom. The molecule has 0 spiro atoms. The average Bonchev–Trinajstić information content (AvgIpc) is 2.67. The maximum atomic E-state index is 11.8. The molecule has 1 saturated heterocycles. The van der Waals surface area contributed by atoms with Crippen LogP contribution in [0.15, 0.2) is 30.3 Å². The number of nitrogens with zero attached hydrogens (tertiary/aromatic N) is 4. The molecule has 0 bridgehead atoms. The minimum absolute atomic E-state index is 0.00209. The number of carbonyl (C=O) groups excluding carboxylic acids is 1. The Morgan fingerprint density at radius 1 is 1.19 bits per heavy atom. The Morgan fingerprint density at radius 3 is 2.54 bits per heavy atom. The van der Waals surface area contributed by atoms with Crippen LogP contribution in [0.4, 0.5) is 17.6 Å². The number of rotatable bonds is 5. The van der Waals surface area contributed by atoms with Crippen molar-refractivity contribution in [1.82, 2.24) is 25.2 Å². The van der Waals surface area contributed by atoms with Crippen molar-refractivity contribution in [3.8, 4) is 0 Å². The van der Waals surface area contributed by atoms with Gasteiger partial charge < -0.3 is 16.4 Å². The van der Waals surface area contributed by atoms with Crippen molar-refractivity contribution < 1.29 is 4.79 Å². The summed E-state index contributed by atoms with van der Waals surface area (Å²) in [5.74, 6) is 1.47. The first kappa shape index (κ1) is 18.1. The summed E-state index contributed by atoms with van der Waals surface area (Å²) in [4.78, 5) is 27.1. The monoisotopic (exact) mass is 355 g/mol. The molecule has 2 aromatic rings. The standard InChI is InChI=1S/C18H25N7O/c1-12(25-10-8-13(9-11-25)16(26)20-2)15-22-17(19)24-18(23-15)21-14-6-4-3-5-7-14/h3-7,12-13H,8-11H2,1-2H3,(H,20,26)(H3,19,21,22,23,24). The maximum absolute atomic E-state index is 11.8. The van der Waals surface area contributed by atoms with Crippen LogP contribution < -0.4 is 16.4 Å². The largest absolute Gasteiger partial charge is 0.368 e. The molecular weight excluding hydrogens is 330 g/mol. The van der Waals surface area contributed by atoms with Crippen LogP contribution in [0.2, 0.25) is 0 Å². The van der Waals surface area contributed by atoms with Crippen molar-refractivity contribution >= 4 is 23.5 Å². The van der Waals surface area contributed by atoms with E-state index in [2.05, 4.69) is 37.4 Å². The number of nitrogens with two attached hydrogens (primary N) is 1. The number of hydrogen-bond donors (Lipinski definition) is 3. The summed E-state index contributed by atoms with van der Waals surface area (Å²) in [5, 5.41) is 5.89. The van der Waals surface area contributed by atoms with Gasteiger partial charge in [-0.05, 0) is 45.0 Å². The van der Waals surface area contributed by atoms with E-state index in [0.29, 0.717) is 11.8 Å². The van der Waals surface area contributed by atoms with Gasteiger partial charge in [0.1, 0.15) is 0 Å². The third-order valence-electron chi connectivity index (χ3n) is 4.77. The Balaban J connectivity index is 1.70. The molecule has 1 aliphatic rings. The van der Waals surface area contributed by atoms with Crippen LogP contribution in [-0.4, -0.2) is 45.9 Å². The van der Waals surface area contributed by atoms with Crippen LogP contribution in [0.3, 0.4) is 0 Å². The van der Waals surface area contributed by atoms with Crippen molar-refractivity contribution in [3.63, 3.8) is 0 Å². The maximum Gasteiger partial charge on any atom is 0.232 e. The van der Waals surface area contributed by atoms with Crippen LogP contribution in [0.25, 0.3) is 0 Å². The fourth-order valence-corrected chi connectivity index (χ4v) is 3.22. The minimum atomic E-state index is 0.00209. The SMILES string of the molecule is CNC(=O)C1CCN(C(C)c2nc(N)nc(Nc3ccccc3)n2)CC1. The molecule has 1 atom stereocenters. The van der Waals surface area contributed by atoms with Gasteiger partial charge in [-0.15, -0.1) is 0 Å². The number of amides is 1. The van der Waals surface area contributed by atoms with Gasteiger partial charge in [-0.25, -0.2) is 0 Å². The summed E-state index contributed by atoms with van der Waals surface area (Å²) in [6, 6.07) is 9.70. The number of anilines is 3. The van der Waals surface area contributed by atoms with Gasteiger partial charge >= 0.3 is 0 Å². The minimum Gasteiger partial charge on any atom is -0.368 e. The average molecular weight is 355 g/mol. The number of piperidine rings is 1. The summed E-state index contributed by atoms with van der Waals surface area (Å²) in [5.41, 5.74) is 6.78. The second-order valence-electron chi connectivity index (χ2n) is 6.47. The lowest BCUT2D eigenvalue weighted by Gasteiger charge is -2.34. The highest BCUT2D eigenvalue weighted by molar-refractivity contribution is 5.78. The second-order valence-corrected chi connectivity index (χ2v) is 6.47. The van der Waals surface area contributed by atoms with E-state index >= 15 is 0 Å². The molecule has 3 rings (SSSR count). The van der Waals surface area contributed by atoms with E-state index in [4.69, 9.17) is 5.73 Å². The molecule has 1 amide bonds. The zero-order chi connectivity index (χ0) is 18.5. The number of para-hydroxylation sites is 1. The molecule has 1 fully saturated rings. The van der Waals surface area contributed by atoms with E-state index in [0.717, 1.165) is 31.6 Å². The van der Waals surface area contributed by atoms with Gasteiger partial charge in [0.15, 0.2) is 5.82 Å². The number of hydrogen-bond acceptors (Lipinski definition) is 7. The number of carbonyl (C=O) groups is 1. The number of likely N-dealkylation sites (tertiary alicyclic amines) is 1. The molecule has 1 aliphatic heterocycles. The van der Waals surface area contributed by atoms with E-state index in [9.17, 15) is 4.79 Å². The van der Waals surface area contributed by atoms with Crippen LogP contribution in [0, 0.1) is 5.92 Å². The first-order valence-electron chi connectivity index (χ1n) is 8.86. The van der Waals surface area contributed by atoms with Crippen LogP contribution in [0.5, 0.6) is 0 Å². The van der Waals surface area contributed by atoms with Crippen molar-refractivity contribution in [3.05, 3.63) is 36.2 Å². The summed E-state index contributed by atoms with van der Waals surface area (Å²) >= 11 is 0. The summed E-state index contributed by atoms with van der Waals surface area (Å²) in [7, 11) is 1.69. The Bertz CT molecular complexity index is 744. The predicted molar refractivity (Wildman–Crippen MR) is 101 cm³/mol. The van der Waals surface area contributed by atoms with E-state index in [1.54, 1.807) is 7.05 Å². The van der Waals surface area contributed by atoms with Gasteiger partial charge in [0.05, 0.1) is 6.04 Å². The van der Waals surface area contributed by atoms with Crippen molar-refractivity contribution in [2.75, 3.05) is 31.2 Å². The van der Waals surface area contributed by atoms with Gasteiger partial charge in [0.2, 0.25) is 17.8 Å². The van der Waals surface area contributed by atoms with Crippen LogP contribution in [0.1, 0.15) is 31.6 Å². The highest BCUT2D eigenvalue weighted by Gasteiger charge is 2.28.